The van der Waals surface area contributed by atoms with Crippen LogP contribution in [0.2, 0.25) is 5.02 Å². The molecule has 0 bridgehead atoms. The summed E-state index contributed by atoms with van der Waals surface area (Å²) in [5.41, 5.74) is 0.978. The maximum atomic E-state index is 13.7. The molecule has 2 aromatic rings. The fraction of sp³-hybridized carbons (Fsp3) is 0.462. The molecule has 1 atom stereocenters. The van der Waals surface area contributed by atoms with Gasteiger partial charge in [0.25, 0.3) is 0 Å². The zero-order chi connectivity index (χ0) is 27.8. The van der Waals surface area contributed by atoms with Crippen molar-refractivity contribution >= 4 is 39.1 Å². The molecule has 0 unspecified atom stereocenters. The van der Waals surface area contributed by atoms with E-state index in [4.69, 9.17) is 21.1 Å². The summed E-state index contributed by atoms with van der Waals surface area (Å²) in [6.07, 6.45) is 1.36. The Hall–Kier alpha value is -2.98. The molecule has 0 spiro atoms. The number of rotatable bonds is 13. The van der Waals surface area contributed by atoms with Crippen LogP contribution in [-0.4, -0.2) is 64.7 Å². The molecule has 37 heavy (non-hydrogen) atoms. The van der Waals surface area contributed by atoms with Crippen LogP contribution in [0.4, 0.5) is 5.69 Å². The molecule has 2 amide bonds. The van der Waals surface area contributed by atoms with E-state index >= 15 is 0 Å². The smallest absolute Gasteiger partial charge is 0.244 e. The largest absolute Gasteiger partial charge is 0.497 e. The topological polar surface area (TPSA) is 105 Å². The Labute approximate surface area is 224 Å². The van der Waals surface area contributed by atoms with Crippen molar-refractivity contribution in [2.24, 2.45) is 5.92 Å². The van der Waals surface area contributed by atoms with Crippen LogP contribution < -0.4 is 19.1 Å². The minimum atomic E-state index is -3.87. The van der Waals surface area contributed by atoms with Crippen molar-refractivity contribution in [1.29, 1.82) is 0 Å². The Morgan fingerprint density at radius 2 is 1.70 bits per heavy atom. The number of carbonyl (C=O) groups excluding carboxylic acids is 2. The summed E-state index contributed by atoms with van der Waals surface area (Å²) < 4.78 is 36.8. The Morgan fingerprint density at radius 3 is 2.19 bits per heavy atom. The summed E-state index contributed by atoms with van der Waals surface area (Å²) in [6, 6.07) is 10.8. The van der Waals surface area contributed by atoms with Crippen molar-refractivity contribution in [3.05, 3.63) is 53.1 Å². The second kappa shape index (κ2) is 13.5. The number of halogens is 1. The third-order valence-electron chi connectivity index (χ3n) is 5.68. The molecule has 2 rings (SSSR count). The Kier molecular flexibility index (Phi) is 11.1. The lowest BCUT2D eigenvalue weighted by molar-refractivity contribution is -0.140. The monoisotopic (exact) mass is 553 g/mol. The van der Waals surface area contributed by atoms with Gasteiger partial charge in [-0.3, -0.25) is 13.9 Å². The van der Waals surface area contributed by atoms with E-state index in [0.717, 1.165) is 16.1 Å². The van der Waals surface area contributed by atoms with Crippen molar-refractivity contribution in [1.82, 2.24) is 10.2 Å². The molecule has 0 aliphatic rings. The van der Waals surface area contributed by atoms with E-state index < -0.39 is 28.5 Å². The lowest BCUT2D eigenvalue weighted by Crippen LogP contribution is -2.52. The van der Waals surface area contributed by atoms with Gasteiger partial charge >= 0.3 is 0 Å². The second-order valence-electron chi connectivity index (χ2n) is 9.02. The van der Waals surface area contributed by atoms with E-state index in [9.17, 15) is 18.0 Å². The molecule has 11 heteroatoms. The molecule has 2 aromatic carbocycles. The highest BCUT2D eigenvalue weighted by Crippen LogP contribution is 2.30. The van der Waals surface area contributed by atoms with E-state index in [2.05, 4.69) is 5.32 Å². The Balaban J connectivity index is 2.44. The molecule has 0 saturated carbocycles. The van der Waals surface area contributed by atoms with E-state index in [1.807, 2.05) is 20.8 Å². The van der Waals surface area contributed by atoms with Gasteiger partial charge in [-0.2, -0.15) is 0 Å². The van der Waals surface area contributed by atoms with Gasteiger partial charge in [0.1, 0.15) is 24.1 Å². The first-order valence-corrected chi connectivity index (χ1v) is 14.1. The Bertz CT molecular complexity index is 1170. The van der Waals surface area contributed by atoms with E-state index in [1.54, 1.807) is 31.4 Å². The average molecular weight is 554 g/mol. The number of ether oxygens (including phenoxy) is 2. The van der Waals surface area contributed by atoms with Crippen LogP contribution in [-0.2, 0) is 26.2 Å². The number of methoxy groups -OCH3 is 2. The van der Waals surface area contributed by atoms with E-state index in [1.165, 1.54) is 30.2 Å². The van der Waals surface area contributed by atoms with Crippen LogP contribution in [0.3, 0.4) is 0 Å². The third kappa shape index (κ3) is 8.53. The first-order valence-electron chi connectivity index (χ1n) is 11.9. The highest BCUT2D eigenvalue weighted by molar-refractivity contribution is 7.92. The molecule has 0 saturated heterocycles. The molecule has 0 aliphatic heterocycles. The minimum absolute atomic E-state index is 0.109. The van der Waals surface area contributed by atoms with Crippen molar-refractivity contribution in [2.75, 3.05) is 37.9 Å². The number of hydrogen-bond acceptors (Lipinski definition) is 6. The van der Waals surface area contributed by atoms with Crippen LogP contribution in [0.1, 0.15) is 32.8 Å². The summed E-state index contributed by atoms with van der Waals surface area (Å²) in [5.74, 6) is 0.436. The highest BCUT2D eigenvalue weighted by atomic mass is 35.5. The van der Waals surface area contributed by atoms with Gasteiger partial charge in [-0.05, 0) is 48.2 Å². The predicted molar refractivity (Wildman–Crippen MR) is 146 cm³/mol. The molecule has 9 nitrogen and oxygen atoms in total. The molecule has 0 fully saturated rings. The first kappa shape index (κ1) is 30.2. The number of nitrogens with one attached hydrogen (secondary N) is 1. The van der Waals surface area contributed by atoms with Gasteiger partial charge in [0, 0.05) is 13.1 Å². The van der Waals surface area contributed by atoms with Gasteiger partial charge in [-0.15, -0.1) is 0 Å². The number of anilines is 1. The number of sulfonamides is 1. The standard InChI is InChI=1S/C26H36ClN3O6S/c1-7-23(26(32)28-15-18(2)3)29(16-19-8-11-21(35-4)12-9-19)25(31)17-30(37(6,33)34)20-10-13-24(36-5)22(27)14-20/h8-14,18,23H,7,15-17H2,1-6H3,(H,28,32)/t23-/m1/s1. The minimum Gasteiger partial charge on any atom is -0.497 e. The van der Waals surface area contributed by atoms with Crippen LogP contribution in [0, 0.1) is 5.92 Å². The second-order valence-corrected chi connectivity index (χ2v) is 11.3. The van der Waals surface area contributed by atoms with E-state index in [-0.39, 0.29) is 29.1 Å². The molecule has 0 radical (unpaired) electrons. The number of benzene rings is 2. The normalized spacial score (nSPS) is 12.1. The number of amides is 2. The number of hydrogen-bond donors (Lipinski definition) is 1. The maximum Gasteiger partial charge on any atom is 0.244 e. The molecule has 0 heterocycles. The van der Waals surface area contributed by atoms with Gasteiger partial charge in [0.2, 0.25) is 21.8 Å². The average Bonchev–Trinajstić information content (AvgIpc) is 2.85. The van der Waals surface area contributed by atoms with Crippen molar-refractivity contribution in [3.8, 4) is 11.5 Å². The lowest BCUT2D eigenvalue weighted by atomic mass is 10.1. The molecule has 1 N–H and O–H groups in total. The fourth-order valence-corrected chi connectivity index (χ4v) is 4.79. The molecule has 204 valence electrons. The van der Waals surface area contributed by atoms with Crippen molar-refractivity contribution in [2.45, 2.75) is 39.8 Å². The van der Waals surface area contributed by atoms with Gasteiger partial charge in [0.15, 0.2) is 0 Å². The molecular formula is C26H36ClN3O6S. The molecule has 0 aromatic heterocycles. The van der Waals surface area contributed by atoms with Crippen molar-refractivity contribution in [3.63, 3.8) is 0 Å². The SMILES string of the molecule is CC[C@H](C(=O)NCC(C)C)N(Cc1ccc(OC)cc1)C(=O)CN(c1ccc(OC)c(Cl)c1)S(C)(=O)=O. The third-order valence-corrected chi connectivity index (χ3v) is 7.12. The van der Waals surface area contributed by atoms with Crippen LogP contribution in [0.15, 0.2) is 42.5 Å². The fourth-order valence-electron chi connectivity index (χ4n) is 3.69. The van der Waals surface area contributed by atoms with Gasteiger partial charge in [-0.1, -0.05) is 44.5 Å². The zero-order valence-electron chi connectivity index (χ0n) is 22.2. The lowest BCUT2D eigenvalue weighted by Gasteiger charge is -2.33. The first-order chi connectivity index (χ1) is 17.4. The van der Waals surface area contributed by atoms with E-state index in [0.29, 0.717) is 24.5 Å². The summed E-state index contributed by atoms with van der Waals surface area (Å²) in [4.78, 5) is 28.2. The van der Waals surface area contributed by atoms with Crippen LogP contribution in [0.25, 0.3) is 0 Å². The highest BCUT2D eigenvalue weighted by Gasteiger charge is 2.32. The number of nitrogens with zero attached hydrogens (tertiary/aromatic N) is 2. The van der Waals surface area contributed by atoms with Gasteiger partial charge < -0.3 is 19.7 Å². The summed E-state index contributed by atoms with van der Waals surface area (Å²) in [5, 5.41) is 3.10. The Morgan fingerprint density at radius 1 is 1.05 bits per heavy atom. The predicted octanol–water partition coefficient (Wildman–Crippen LogP) is 3.70. The van der Waals surface area contributed by atoms with Gasteiger partial charge in [0.05, 0.1) is 31.2 Å². The number of carbonyl (C=O) groups is 2. The van der Waals surface area contributed by atoms with Crippen molar-refractivity contribution < 1.29 is 27.5 Å². The van der Waals surface area contributed by atoms with Crippen LogP contribution in [0.5, 0.6) is 11.5 Å². The van der Waals surface area contributed by atoms with Crippen LogP contribution >= 0.6 is 11.6 Å². The molecule has 0 aliphatic carbocycles. The summed E-state index contributed by atoms with van der Waals surface area (Å²) in [6.45, 7) is 5.82. The summed E-state index contributed by atoms with van der Waals surface area (Å²) in [7, 11) is -0.862. The zero-order valence-corrected chi connectivity index (χ0v) is 23.7. The molecular weight excluding hydrogens is 518 g/mol. The maximum absolute atomic E-state index is 13.7. The quantitative estimate of drug-likeness (QED) is 0.405. The summed E-state index contributed by atoms with van der Waals surface area (Å²) >= 11 is 6.22. The van der Waals surface area contributed by atoms with Gasteiger partial charge in [-0.25, -0.2) is 8.42 Å².